The van der Waals surface area contributed by atoms with Crippen molar-refractivity contribution in [1.82, 2.24) is 25.2 Å². The van der Waals surface area contributed by atoms with Crippen LogP contribution in [0.4, 0.5) is 5.95 Å². The summed E-state index contributed by atoms with van der Waals surface area (Å²) >= 11 is 0. The first-order valence-electron chi connectivity index (χ1n) is 7.69. The molecule has 4 rings (SSSR count). The van der Waals surface area contributed by atoms with Crippen LogP contribution in [0.15, 0.2) is 48.8 Å². The van der Waals surface area contributed by atoms with E-state index in [1.54, 1.807) is 31.3 Å². The molecule has 8 nitrogen and oxygen atoms in total. The average molecular weight is 336 g/mol. The first kappa shape index (κ1) is 15.1. The Morgan fingerprint density at radius 1 is 1.16 bits per heavy atom. The van der Waals surface area contributed by atoms with Crippen LogP contribution < -0.4 is 14.8 Å². The summed E-state index contributed by atoms with van der Waals surface area (Å²) < 4.78 is 12.5. The molecule has 25 heavy (non-hydrogen) atoms. The van der Waals surface area contributed by atoms with E-state index in [1.165, 1.54) is 0 Å². The van der Waals surface area contributed by atoms with E-state index in [1.807, 2.05) is 36.4 Å². The van der Waals surface area contributed by atoms with E-state index in [4.69, 9.17) is 9.47 Å². The molecule has 3 heterocycles. The van der Waals surface area contributed by atoms with Gasteiger partial charge in [0.15, 0.2) is 0 Å². The molecule has 3 aromatic rings. The summed E-state index contributed by atoms with van der Waals surface area (Å²) in [7, 11) is 3.25. The smallest absolute Gasteiger partial charge is 0.248 e. The molecule has 1 aliphatic heterocycles. The first-order valence-corrected chi connectivity index (χ1v) is 7.69. The second kappa shape index (κ2) is 6.23. The third-order valence-corrected chi connectivity index (χ3v) is 4.06. The van der Waals surface area contributed by atoms with E-state index in [-0.39, 0.29) is 6.04 Å². The quantitative estimate of drug-likeness (QED) is 0.781. The predicted octanol–water partition coefficient (Wildman–Crippen LogP) is 2.14. The summed E-state index contributed by atoms with van der Waals surface area (Å²) in [4.78, 5) is 4.18. The maximum atomic E-state index is 5.55. The van der Waals surface area contributed by atoms with E-state index >= 15 is 0 Å². The molecule has 0 aliphatic carbocycles. The highest BCUT2D eigenvalue weighted by Crippen LogP contribution is 2.37. The normalized spacial score (nSPS) is 15.8. The Balaban J connectivity index is 1.84. The fourth-order valence-electron chi connectivity index (χ4n) is 2.83. The molecule has 1 unspecified atom stereocenters. The lowest BCUT2D eigenvalue weighted by atomic mass is 10.0. The molecule has 1 atom stereocenters. The predicted molar refractivity (Wildman–Crippen MR) is 91.3 cm³/mol. The van der Waals surface area contributed by atoms with Crippen LogP contribution in [0.5, 0.6) is 11.5 Å². The summed E-state index contributed by atoms with van der Waals surface area (Å²) in [5, 5.41) is 15.2. The number of aromatic nitrogens is 5. The van der Waals surface area contributed by atoms with Gasteiger partial charge in [0.2, 0.25) is 5.95 Å². The molecule has 1 N–H and O–H groups in total. The number of anilines is 1. The van der Waals surface area contributed by atoms with Gasteiger partial charge < -0.3 is 14.8 Å². The number of benzene rings is 1. The van der Waals surface area contributed by atoms with Crippen LogP contribution in [-0.2, 0) is 0 Å². The Bertz CT molecular complexity index is 922. The molecule has 0 fully saturated rings. The number of hydrogen-bond donors (Lipinski definition) is 1. The van der Waals surface area contributed by atoms with Crippen LogP contribution >= 0.6 is 0 Å². The molecule has 0 amide bonds. The standard InChI is InChI=1S/C17H16N6O2/c1-24-12-5-6-13(16(8-12)25-2)15-9-14(11-4-3-7-18-10-11)19-17-20-21-22-23(15)17/h3-10,15H,1-2H3,(H,19,20,22). The highest BCUT2D eigenvalue weighted by Gasteiger charge is 2.26. The molecule has 2 aromatic heterocycles. The van der Waals surface area contributed by atoms with Crippen LogP contribution in [0.1, 0.15) is 17.2 Å². The number of ether oxygens (including phenoxy) is 2. The van der Waals surface area contributed by atoms with Crippen LogP contribution in [0, 0.1) is 0 Å². The second-order valence-electron chi connectivity index (χ2n) is 5.45. The highest BCUT2D eigenvalue weighted by atomic mass is 16.5. The number of pyridine rings is 1. The number of nitrogens with zero attached hydrogens (tertiary/aromatic N) is 5. The number of methoxy groups -OCH3 is 2. The van der Waals surface area contributed by atoms with Gasteiger partial charge in [0.25, 0.3) is 0 Å². The summed E-state index contributed by atoms with van der Waals surface area (Å²) in [5.74, 6) is 1.99. The van der Waals surface area contributed by atoms with Gasteiger partial charge in [-0.25, -0.2) is 0 Å². The minimum atomic E-state index is -0.220. The molecule has 0 saturated heterocycles. The first-order chi connectivity index (χ1) is 12.3. The van der Waals surface area contributed by atoms with Crippen LogP contribution in [0.3, 0.4) is 0 Å². The van der Waals surface area contributed by atoms with Crippen molar-refractivity contribution in [3.63, 3.8) is 0 Å². The van der Waals surface area contributed by atoms with E-state index in [9.17, 15) is 0 Å². The Kier molecular flexibility index (Phi) is 3.77. The molecule has 8 heteroatoms. The van der Waals surface area contributed by atoms with Crippen LogP contribution in [0.2, 0.25) is 0 Å². The van der Waals surface area contributed by atoms with Gasteiger partial charge in [-0.15, -0.1) is 0 Å². The van der Waals surface area contributed by atoms with E-state index < -0.39 is 0 Å². The van der Waals surface area contributed by atoms with Gasteiger partial charge in [-0.1, -0.05) is 5.10 Å². The molecule has 126 valence electrons. The molecule has 1 aliphatic rings. The molecule has 0 radical (unpaired) electrons. The molecular weight excluding hydrogens is 320 g/mol. The van der Waals surface area contributed by atoms with Crippen molar-refractivity contribution in [2.75, 3.05) is 19.5 Å². The van der Waals surface area contributed by atoms with Crippen LogP contribution in [-0.4, -0.2) is 39.4 Å². The fourth-order valence-corrected chi connectivity index (χ4v) is 2.83. The zero-order valence-electron chi connectivity index (χ0n) is 13.7. The van der Waals surface area contributed by atoms with E-state index in [0.29, 0.717) is 11.7 Å². The summed E-state index contributed by atoms with van der Waals surface area (Å²) in [5.41, 5.74) is 2.77. The lowest BCUT2D eigenvalue weighted by molar-refractivity contribution is 0.387. The van der Waals surface area contributed by atoms with Crippen molar-refractivity contribution >= 4 is 11.6 Å². The van der Waals surface area contributed by atoms with Crippen molar-refractivity contribution < 1.29 is 9.47 Å². The summed E-state index contributed by atoms with van der Waals surface area (Å²) in [6.07, 6.45) is 5.58. The van der Waals surface area contributed by atoms with Gasteiger partial charge in [0.05, 0.1) is 14.2 Å². The van der Waals surface area contributed by atoms with Crippen molar-refractivity contribution in [3.05, 3.63) is 59.9 Å². The minimum absolute atomic E-state index is 0.220. The van der Waals surface area contributed by atoms with E-state index in [0.717, 1.165) is 22.6 Å². The lowest BCUT2D eigenvalue weighted by Gasteiger charge is -2.24. The van der Waals surface area contributed by atoms with Crippen LogP contribution in [0.25, 0.3) is 5.70 Å². The highest BCUT2D eigenvalue weighted by molar-refractivity contribution is 5.76. The molecule has 1 aromatic carbocycles. The Morgan fingerprint density at radius 3 is 2.84 bits per heavy atom. The average Bonchev–Trinajstić information content (AvgIpc) is 3.16. The van der Waals surface area contributed by atoms with Gasteiger partial charge in [-0.2, -0.15) is 4.68 Å². The van der Waals surface area contributed by atoms with E-state index in [2.05, 4.69) is 25.8 Å². The van der Waals surface area contributed by atoms with Gasteiger partial charge in [-0.3, -0.25) is 4.98 Å². The molecule has 0 saturated carbocycles. The topological polar surface area (TPSA) is 87.0 Å². The minimum Gasteiger partial charge on any atom is -0.497 e. The molecular formula is C17H16N6O2. The summed E-state index contributed by atoms with van der Waals surface area (Å²) in [6.45, 7) is 0. The molecule has 0 bridgehead atoms. The number of tetrazole rings is 1. The summed E-state index contributed by atoms with van der Waals surface area (Å²) in [6, 6.07) is 9.34. The molecule has 0 spiro atoms. The monoisotopic (exact) mass is 336 g/mol. The maximum Gasteiger partial charge on any atom is 0.248 e. The van der Waals surface area contributed by atoms with Crippen molar-refractivity contribution in [2.45, 2.75) is 6.04 Å². The van der Waals surface area contributed by atoms with Crippen molar-refractivity contribution in [3.8, 4) is 11.5 Å². The zero-order chi connectivity index (χ0) is 17.2. The lowest BCUT2D eigenvalue weighted by Crippen LogP contribution is -2.20. The SMILES string of the molecule is COc1ccc(C2C=C(c3cccnc3)Nc3nnnn32)c(OC)c1. The second-order valence-corrected chi connectivity index (χ2v) is 5.45. The number of fused-ring (bicyclic) bond motifs is 1. The maximum absolute atomic E-state index is 5.55. The van der Waals surface area contributed by atoms with Crippen molar-refractivity contribution in [2.24, 2.45) is 0 Å². The number of nitrogens with one attached hydrogen (secondary N) is 1. The van der Waals surface area contributed by atoms with Gasteiger partial charge in [-0.05, 0) is 40.8 Å². The van der Waals surface area contributed by atoms with Gasteiger partial charge in [0, 0.05) is 35.3 Å². The number of rotatable bonds is 4. The Hall–Kier alpha value is -3.42. The fraction of sp³-hybridized carbons (Fsp3) is 0.176. The Labute approximate surface area is 144 Å². The third-order valence-electron chi connectivity index (χ3n) is 4.06. The Morgan fingerprint density at radius 2 is 2.08 bits per heavy atom. The van der Waals surface area contributed by atoms with Gasteiger partial charge >= 0.3 is 0 Å². The number of allylic oxidation sites excluding steroid dienone is 1. The largest absolute Gasteiger partial charge is 0.497 e. The zero-order valence-corrected chi connectivity index (χ0v) is 13.7. The van der Waals surface area contributed by atoms with Crippen molar-refractivity contribution in [1.29, 1.82) is 0 Å². The number of hydrogen-bond acceptors (Lipinski definition) is 7. The van der Waals surface area contributed by atoms with Gasteiger partial charge in [0.1, 0.15) is 17.5 Å². The third kappa shape index (κ3) is 2.67.